The number of methoxy groups -OCH3 is 1. The van der Waals surface area contributed by atoms with E-state index in [-0.39, 0.29) is 16.9 Å². The normalized spacial score (nSPS) is 16.3. The summed E-state index contributed by atoms with van der Waals surface area (Å²) in [7, 11) is 1.54. The largest absolute Gasteiger partial charge is 0.497 e. The van der Waals surface area contributed by atoms with Gasteiger partial charge in [-0.05, 0) is 60.0 Å². The Morgan fingerprint density at radius 3 is 2.33 bits per heavy atom. The number of benzene rings is 1. The molecule has 1 aliphatic carbocycles. The van der Waals surface area contributed by atoms with Gasteiger partial charge in [0.25, 0.3) is 0 Å². The molecule has 7 heteroatoms. The van der Waals surface area contributed by atoms with Gasteiger partial charge in [0.1, 0.15) is 11.3 Å². The Labute approximate surface area is 167 Å². The van der Waals surface area contributed by atoms with Gasteiger partial charge in [0.15, 0.2) is 5.78 Å². The number of nitrogens with one attached hydrogen (secondary N) is 1. The van der Waals surface area contributed by atoms with Gasteiger partial charge in [-0.25, -0.2) is 4.79 Å². The zero-order valence-corrected chi connectivity index (χ0v) is 17.1. The average Bonchev–Trinajstić information content (AvgIpc) is 2.68. The number of halogens is 1. The molecule has 0 aromatic heterocycles. The molecular weight excluding hydrogens is 414 g/mol. The van der Waals surface area contributed by atoms with Crippen molar-refractivity contribution in [3.05, 3.63) is 40.4 Å². The Hall–Kier alpha value is -2.15. The maximum Gasteiger partial charge on any atom is 0.331 e. The van der Waals surface area contributed by atoms with Crippen LogP contribution in [0.25, 0.3) is 0 Å². The second-order valence-corrected chi connectivity index (χ2v) is 7.26. The molecule has 2 rings (SSSR count). The van der Waals surface area contributed by atoms with Crippen molar-refractivity contribution in [3.8, 4) is 5.75 Å². The molecule has 0 spiro atoms. The number of esters is 1. The summed E-state index contributed by atoms with van der Waals surface area (Å²) in [5, 5.41) is 2.78. The van der Waals surface area contributed by atoms with Gasteiger partial charge in [-0.2, -0.15) is 0 Å². The van der Waals surface area contributed by atoms with Gasteiger partial charge in [-0.3, -0.25) is 9.59 Å². The van der Waals surface area contributed by atoms with Crippen LogP contribution in [0, 0.1) is 0 Å². The molecule has 1 aromatic carbocycles. The molecule has 0 bridgehead atoms. The fourth-order valence-corrected chi connectivity index (χ4v) is 3.57. The standard InChI is InChI=1S/C20H24BrNO5/c1-3-27-19(25)20(11-5-4-6-12-20)22-17(23)13-16(21)18(24)14-7-9-15(26-2)10-8-14/h7-10,13H,3-6,11-12H2,1-2H3,(H,22,23)/b16-13-. The van der Waals surface area contributed by atoms with E-state index < -0.39 is 17.4 Å². The van der Waals surface area contributed by atoms with Crippen molar-refractivity contribution in [3.63, 3.8) is 0 Å². The molecule has 0 radical (unpaired) electrons. The topological polar surface area (TPSA) is 81.7 Å². The first-order chi connectivity index (χ1) is 12.9. The minimum absolute atomic E-state index is 0.111. The Kier molecular flexibility index (Phi) is 7.59. The lowest BCUT2D eigenvalue weighted by atomic mass is 9.81. The molecule has 0 atom stereocenters. The molecule has 1 fully saturated rings. The van der Waals surface area contributed by atoms with E-state index in [2.05, 4.69) is 21.2 Å². The number of ether oxygens (including phenoxy) is 2. The molecule has 1 aliphatic rings. The van der Waals surface area contributed by atoms with Crippen LogP contribution in [0.1, 0.15) is 49.4 Å². The van der Waals surface area contributed by atoms with Crippen molar-refractivity contribution >= 4 is 33.6 Å². The quantitative estimate of drug-likeness (QED) is 0.400. The highest BCUT2D eigenvalue weighted by Gasteiger charge is 2.42. The summed E-state index contributed by atoms with van der Waals surface area (Å²) < 4.78 is 10.3. The SMILES string of the molecule is CCOC(=O)C1(NC(=O)/C=C(\Br)C(=O)c2ccc(OC)cc2)CCCCC1. The van der Waals surface area contributed by atoms with E-state index in [0.717, 1.165) is 19.3 Å². The second kappa shape index (κ2) is 9.69. The minimum atomic E-state index is -1.02. The van der Waals surface area contributed by atoms with Crippen LogP contribution in [0.5, 0.6) is 5.75 Å². The van der Waals surface area contributed by atoms with Crippen LogP contribution in [0.4, 0.5) is 0 Å². The highest BCUT2D eigenvalue weighted by Crippen LogP contribution is 2.30. The van der Waals surface area contributed by atoms with Gasteiger partial charge in [0.2, 0.25) is 5.91 Å². The second-order valence-electron chi connectivity index (χ2n) is 6.40. The molecule has 27 heavy (non-hydrogen) atoms. The summed E-state index contributed by atoms with van der Waals surface area (Å²) in [4.78, 5) is 37.3. The van der Waals surface area contributed by atoms with Crippen molar-refractivity contribution in [1.29, 1.82) is 0 Å². The molecular formula is C20H24BrNO5. The third kappa shape index (κ3) is 5.42. The number of hydrogen-bond acceptors (Lipinski definition) is 5. The molecule has 146 valence electrons. The van der Waals surface area contributed by atoms with Crippen molar-refractivity contribution in [2.24, 2.45) is 0 Å². The molecule has 0 aliphatic heterocycles. The molecule has 0 saturated heterocycles. The van der Waals surface area contributed by atoms with E-state index in [1.165, 1.54) is 6.08 Å². The maximum atomic E-state index is 12.5. The first-order valence-electron chi connectivity index (χ1n) is 8.97. The van der Waals surface area contributed by atoms with Crippen molar-refractivity contribution < 1.29 is 23.9 Å². The summed E-state index contributed by atoms with van der Waals surface area (Å²) in [5.74, 6) is -0.609. The van der Waals surface area contributed by atoms with E-state index in [0.29, 0.717) is 24.2 Å². The predicted octanol–water partition coefficient (Wildman–Crippen LogP) is 3.54. The molecule has 1 saturated carbocycles. The average molecular weight is 438 g/mol. The zero-order chi connectivity index (χ0) is 19.9. The monoisotopic (exact) mass is 437 g/mol. The number of amides is 1. The van der Waals surface area contributed by atoms with Gasteiger partial charge in [0.05, 0.1) is 18.2 Å². The highest BCUT2D eigenvalue weighted by molar-refractivity contribution is 9.12. The van der Waals surface area contributed by atoms with Crippen molar-refractivity contribution in [1.82, 2.24) is 5.32 Å². The Bertz CT molecular complexity index is 720. The number of rotatable bonds is 7. The fraction of sp³-hybridized carbons (Fsp3) is 0.450. The first-order valence-corrected chi connectivity index (χ1v) is 9.76. The third-order valence-corrected chi connectivity index (χ3v) is 5.15. The van der Waals surface area contributed by atoms with Gasteiger partial charge in [0, 0.05) is 11.6 Å². The van der Waals surface area contributed by atoms with Crippen LogP contribution in [0.2, 0.25) is 0 Å². The van der Waals surface area contributed by atoms with E-state index >= 15 is 0 Å². The van der Waals surface area contributed by atoms with E-state index in [9.17, 15) is 14.4 Å². The number of Topliss-reactive ketones (excluding diaryl/α,β-unsaturated/α-hetero) is 1. The highest BCUT2D eigenvalue weighted by atomic mass is 79.9. The summed E-state index contributed by atoms with van der Waals surface area (Å²) in [6.45, 7) is 1.99. The molecule has 6 nitrogen and oxygen atoms in total. The first kappa shape index (κ1) is 21.2. The van der Waals surface area contributed by atoms with Crippen LogP contribution in [0.3, 0.4) is 0 Å². The van der Waals surface area contributed by atoms with Crippen LogP contribution in [0.15, 0.2) is 34.8 Å². The zero-order valence-electron chi connectivity index (χ0n) is 15.5. The number of allylic oxidation sites excluding steroid dienone is 1. The van der Waals surface area contributed by atoms with Crippen LogP contribution >= 0.6 is 15.9 Å². The predicted molar refractivity (Wildman–Crippen MR) is 105 cm³/mol. The van der Waals surface area contributed by atoms with Crippen LogP contribution in [-0.4, -0.2) is 36.9 Å². The summed E-state index contributed by atoms with van der Waals surface area (Å²) in [5.41, 5.74) is -0.595. The number of ketones is 1. The smallest absolute Gasteiger partial charge is 0.331 e. The van der Waals surface area contributed by atoms with Crippen molar-refractivity contribution in [2.75, 3.05) is 13.7 Å². The lowest BCUT2D eigenvalue weighted by molar-refractivity contribution is -0.154. The van der Waals surface area contributed by atoms with Gasteiger partial charge in [-0.15, -0.1) is 0 Å². The van der Waals surface area contributed by atoms with Gasteiger partial charge in [-0.1, -0.05) is 19.3 Å². The van der Waals surface area contributed by atoms with Crippen LogP contribution in [-0.2, 0) is 14.3 Å². The maximum absolute atomic E-state index is 12.5. The van der Waals surface area contributed by atoms with Gasteiger partial charge >= 0.3 is 5.97 Å². The summed E-state index contributed by atoms with van der Waals surface area (Å²) >= 11 is 3.17. The third-order valence-electron chi connectivity index (χ3n) is 4.56. The Morgan fingerprint density at radius 1 is 1.15 bits per heavy atom. The number of carbonyl (C=O) groups excluding carboxylic acids is 3. The molecule has 1 N–H and O–H groups in total. The molecule has 0 heterocycles. The minimum Gasteiger partial charge on any atom is -0.497 e. The number of carbonyl (C=O) groups is 3. The Morgan fingerprint density at radius 2 is 1.78 bits per heavy atom. The molecule has 1 amide bonds. The molecule has 0 unspecified atom stereocenters. The van der Waals surface area contributed by atoms with E-state index in [1.54, 1.807) is 38.3 Å². The summed E-state index contributed by atoms with van der Waals surface area (Å²) in [6, 6.07) is 6.58. The van der Waals surface area contributed by atoms with Crippen molar-refractivity contribution in [2.45, 2.75) is 44.6 Å². The fourth-order valence-electron chi connectivity index (χ4n) is 3.14. The van der Waals surface area contributed by atoms with E-state index in [1.807, 2.05) is 0 Å². The van der Waals surface area contributed by atoms with Crippen LogP contribution < -0.4 is 10.1 Å². The Balaban J connectivity index is 2.12. The lowest BCUT2D eigenvalue weighted by Crippen LogP contribution is -2.56. The summed E-state index contributed by atoms with van der Waals surface area (Å²) in [6.07, 6.45) is 4.95. The van der Waals surface area contributed by atoms with Gasteiger partial charge < -0.3 is 14.8 Å². The number of hydrogen-bond donors (Lipinski definition) is 1. The lowest BCUT2D eigenvalue weighted by Gasteiger charge is -2.35. The van der Waals surface area contributed by atoms with E-state index in [4.69, 9.17) is 9.47 Å². The molecule has 1 aromatic rings.